The van der Waals surface area contributed by atoms with E-state index in [9.17, 15) is 14.0 Å². The highest BCUT2D eigenvalue weighted by Crippen LogP contribution is 2.26. The standard InChI is InChI=1S/C26H24FN3O2/c1-4-23(29(3)25(31)18-11-9-17(2)10-12-18)24-28-22-8-6-5-7-21(22)26(32)30(24)20-15-13-19(27)14-16-20/h5-16,23H,4H2,1-3H3. The summed E-state index contributed by atoms with van der Waals surface area (Å²) in [6.07, 6.45) is 0.542. The topological polar surface area (TPSA) is 55.2 Å². The van der Waals surface area contributed by atoms with Gasteiger partial charge in [-0.2, -0.15) is 0 Å². The Hall–Kier alpha value is -3.80. The van der Waals surface area contributed by atoms with Crippen molar-refractivity contribution in [3.8, 4) is 5.69 Å². The predicted molar refractivity (Wildman–Crippen MR) is 124 cm³/mol. The van der Waals surface area contributed by atoms with Crippen LogP contribution in [0.2, 0.25) is 0 Å². The predicted octanol–water partition coefficient (Wildman–Crippen LogP) is 5.06. The number of hydrogen-bond donors (Lipinski definition) is 0. The zero-order valence-electron chi connectivity index (χ0n) is 18.2. The summed E-state index contributed by atoms with van der Waals surface area (Å²) in [5, 5.41) is 0.461. The number of carbonyl (C=O) groups is 1. The van der Waals surface area contributed by atoms with Crippen LogP contribution in [0, 0.1) is 12.7 Å². The highest BCUT2D eigenvalue weighted by atomic mass is 19.1. The summed E-state index contributed by atoms with van der Waals surface area (Å²) in [5.74, 6) is -0.119. The fraction of sp³-hybridized carbons (Fsp3) is 0.192. The van der Waals surface area contributed by atoms with Gasteiger partial charge in [-0.05, 0) is 61.9 Å². The van der Waals surface area contributed by atoms with Crippen LogP contribution < -0.4 is 5.56 Å². The Morgan fingerprint density at radius 2 is 1.69 bits per heavy atom. The molecule has 1 aromatic heterocycles. The molecule has 162 valence electrons. The van der Waals surface area contributed by atoms with Crippen LogP contribution in [0.4, 0.5) is 4.39 Å². The number of fused-ring (bicyclic) bond motifs is 1. The van der Waals surface area contributed by atoms with Gasteiger partial charge in [0.25, 0.3) is 11.5 Å². The van der Waals surface area contributed by atoms with E-state index in [4.69, 9.17) is 4.98 Å². The quantitative estimate of drug-likeness (QED) is 0.446. The maximum atomic E-state index is 13.6. The van der Waals surface area contributed by atoms with E-state index in [0.29, 0.717) is 34.4 Å². The second-order valence-electron chi connectivity index (χ2n) is 7.81. The molecule has 0 aliphatic heterocycles. The van der Waals surface area contributed by atoms with Gasteiger partial charge in [-0.1, -0.05) is 36.8 Å². The number of amides is 1. The molecule has 0 saturated heterocycles. The SMILES string of the molecule is CCC(c1nc2ccccc2c(=O)n1-c1ccc(F)cc1)N(C)C(=O)c1ccc(C)cc1. The molecule has 1 atom stereocenters. The minimum absolute atomic E-state index is 0.162. The number of carbonyl (C=O) groups excluding carboxylic acids is 1. The van der Waals surface area contributed by atoms with Gasteiger partial charge in [0.05, 0.1) is 22.6 Å². The Bertz CT molecular complexity index is 1330. The summed E-state index contributed by atoms with van der Waals surface area (Å²) in [4.78, 5) is 33.1. The maximum Gasteiger partial charge on any atom is 0.266 e. The molecule has 1 amide bonds. The number of hydrogen-bond acceptors (Lipinski definition) is 3. The minimum Gasteiger partial charge on any atom is -0.332 e. The summed E-state index contributed by atoms with van der Waals surface area (Å²) in [5.41, 5.74) is 2.43. The van der Waals surface area contributed by atoms with Crippen LogP contribution >= 0.6 is 0 Å². The summed E-state index contributed by atoms with van der Waals surface area (Å²) in [7, 11) is 1.71. The molecule has 32 heavy (non-hydrogen) atoms. The number of para-hydroxylation sites is 1. The summed E-state index contributed by atoms with van der Waals surface area (Å²) in [6.45, 7) is 3.91. The monoisotopic (exact) mass is 429 g/mol. The van der Waals surface area contributed by atoms with Crippen LogP contribution in [0.25, 0.3) is 16.6 Å². The molecule has 5 nitrogen and oxygen atoms in total. The van der Waals surface area contributed by atoms with Gasteiger partial charge in [-0.3, -0.25) is 14.2 Å². The van der Waals surface area contributed by atoms with E-state index in [2.05, 4.69) is 0 Å². The van der Waals surface area contributed by atoms with Crippen molar-refractivity contribution in [2.75, 3.05) is 7.05 Å². The lowest BCUT2D eigenvalue weighted by Crippen LogP contribution is -2.36. The van der Waals surface area contributed by atoms with Gasteiger partial charge in [0, 0.05) is 12.6 Å². The molecular formula is C26H24FN3O2. The van der Waals surface area contributed by atoms with Crippen LogP contribution in [0.15, 0.2) is 77.6 Å². The second kappa shape index (κ2) is 8.75. The van der Waals surface area contributed by atoms with E-state index in [1.54, 1.807) is 54.4 Å². The Morgan fingerprint density at radius 3 is 2.34 bits per heavy atom. The third kappa shape index (κ3) is 3.91. The average molecular weight is 429 g/mol. The molecule has 0 fully saturated rings. The maximum absolute atomic E-state index is 13.6. The molecule has 0 bridgehead atoms. The molecule has 0 aliphatic rings. The van der Waals surface area contributed by atoms with Gasteiger partial charge >= 0.3 is 0 Å². The van der Waals surface area contributed by atoms with Crippen LogP contribution in [-0.2, 0) is 0 Å². The van der Waals surface area contributed by atoms with Crippen molar-refractivity contribution >= 4 is 16.8 Å². The Kier molecular flexibility index (Phi) is 5.86. The zero-order chi connectivity index (χ0) is 22.8. The van der Waals surface area contributed by atoms with E-state index < -0.39 is 11.9 Å². The van der Waals surface area contributed by atoms with Crippen molar-refractivity contribution in [2.24, 2.45) is 0 Å². The lowest BCUT2D eigenvalue weighted by molar-refractivity contribution is 0.0717. The lowest BCUT2D eigenvalue weighted by Gasteiger charge is -2.29. The first-order chi connectivity index (χ1) is 15.4. The summed E-state index contributed by atoms with van der Waals surface area (Å²) in [6, 6.07) is 19.7. The molecule has 1 unspecified atom stereocenters. The molecule has 0 saturated carbocycles. The van der Waals surface area contributed by atoms with Crippen molar-refractivity contribution in [3.05, 3.63) is 106 Å². The molecule has 1 heterocycles. The van der Waals surface area contributed by atoms with Crippen molar-refractivity contribution in [2.45, 2.75) is 26.3 Å². The molecule has 4 rings (SSSR count). The number of nitrogens with zero attached hydrogens (tertiary/aromatic N) is 3. The van der Waals surface area contributed by atoms with Gasteiger partial charge in [0.15, 0.2) is 0 Å². The first-order valence-corrected chi connectivity index (χ1v) is 10.5. The first-order valence-electron chi connectivity index (χ1n) is 10.5. The molecule has 6 heteroatoms. The molecule has 3 aromatic carbocycles. The smallest absolute Gasteiger partial charge is 0.266 e. The number of rotatable bonds is 5. The minimum atomic E-state index is -0.467. The molecule has 4 aromatic rings. The van der Waals surface area contributed by atoms with E-state index in [1.807, 2.05) is 32.0 Å². The fourth-order valence-corrected chi connectivity index (χ4v) is 3.88. The molecular weight excluding hydrogens is 405 g/mol. The highest BCUT2D eigenvalue weighted by Gasteiger charge is 2.27. The number of aromatic nitrogens is 2. The Labute approximate surface area is 185 Å². The Balaban J connectivity index is 1.89. The van der Waals surface area contributed by atoms with E-state index >= 15 is 0 Å². The van der Waals surface area contributed by atoms with Gasteiger partial charge < -0.3 is 4.90 Å². The van der Waals surface area contributed by atoms with E-state index in [-0.39, 0.29) is 11.5 Å². The van der Waals surface area contributed by atoms with Crippen LogP contribution in [0.3, 0.4) is 0 Å². The van der Waals surface area contributed by atoms with Gasteiger partial charge in [-0.15, -0.1) is 0 Å². The van der Waals surface area contributed by atoms with E-state index in [1.165, 1.54) is 16.7 Å². The Morgan fingerprint density at radius 1 is 1.03 bits per heavy atom. The van der Waals surface area contributed by atoms with Crippen LogP contribution in [0.5, 0.6) is 0 Å². The first kappa shape index (κ1) is 21.4. The highest BCUT2D eigenvalue weighted by molar-refractivity contribution is 5.94. The van der Waals surface area contributed by atoms with Crippen molar-refractivity contribution in [1.82, 2.24) is 14.5 Å². The number of halogens is 1. The molecule has 0 spiro atoms. The normalized spacial score (nSPS) is 12.0. The third-order valence-electron chi connectivity index (χ3n) is 5.66. The largest absolute Gasteiger partial charge is 0.332 e. The molecule has 0 radical (unpaired) electrons. The van der Waals surface area contributed by atoms with Crippen molar-refractivity contribution < 1.29 is 9.18 Å². The van der Waals surface area contributed by atoms with Gasteiger partial charge in [0.2, 0.25) is 0 Å². The summed E-state index contributed by atoms with van der Waals surface area (Å²) >= 11 is 0. The summed E-state index contributed by atoms with van der Waals surface area (Å²) < 4.78 is 15.1. The zero-order valence-corrected chi connectivity index (χ0v) is 18.2. The average Bonchev–Trinajstić information content (AvgIpc) is 2.80. The fourth-order valence-electron chi connectivity index (χ4n) is 3.88. The molecule has 0 aliphatic carbocycles. The van der Waals surface area contributed by atoms with Crippen molar-refractivity contribution in [3.63, 3.8) is 0 Å². The lowest BCUT2D eigenvalue weighted by atomic mass is 10.1. The third-order valence-corrected chi connectivity index (χ3v) is 5.66. The van der Waals surface area contributed by atoms with Crippen molar-refractivity contribution in [1.29, 1.82) is 0 Å². The molecule has 0 N–H and O–H groups in total. The number of benzene rings is 3. The van der Waals surface area contributed by atoms with Gasteiger partial charge in [0.1, 0.15) is 11.6 Å². The van der Waals surface area contributed by atoms with Crippen LogP contribution in [0.1, 0.15) is 41.1 Å². The second-order valence-corrected chi connectivity index (χ2v) is 7.81. The van der Waals surface area contributed by atoms with E-state index in [0.717, 1.165) is 5.56 Å². The number of aryl methyl sites for hydroxylation is 1. The van der Waals surface area contributed by atoms with Crippen LogP contribution in [-0.4, -0.2) is 27.4 Å². The van der Waals surface area contributed by atoms with Gasteiger partial charge in [-0.25, -0.2) is 9.37 Å².